The number of ketones is 1. The summed E-state index contributed by atoms with van der Waals surface area (Å²) in [5, 5.41) is 0. The lowest BCUT2D eigenvalue weighted by Gasteiger charge is -1.99. The molecule has 0 saturated heterocycles. The van der Waals surface area contributed by atoms with Gasteiger partial charge < -0.3 is 0 Å². The van der Waals surface area contributed by atoms with Gasteiger partial charge in [0.15, 0.2) is 0 Å². The SMILES string of the molecule is CCCCCCC=CCC(=O)C(C)C. The van der Waals surface area contributed by atoms with Gasteiger partial charge in [-0.25, -0.2) is 0 Å². The Morgan fingerprint density at radius 3 is 2.43 bits per heavy atom. The van der Waals surface area contributed by atoms with E-state index in [-0.39, 0.29) is 5.92 Å². The van der Waals surface area contributed by atoms with Gasteiger partial charge in [0, 0.05) is 12.3 Å². The highest BCUT2D eigenvalue weighted by atomic mass is 16.1. The second kappa shape index (κ2) is 8.98. The lowest BCUT2D eigenvalue weighted by atomic mass is 10.1. The Hall–Kier alpha value is -0.590. The van der Waals surface area contributed by atoms with Gasteiger partial charge in [-0.2, -0.15) is 0 Å². The van der Waals surface area contributed by atoms with Crippen LogP contribution in [0.25, 0.3) is 0 Å². The molecule has 0 unspecified atom stereocenters. The summed E-state index contributed by atoms with van der Waals surface area (Å²) in [4.78, 5) is 11.2. The van der Waals surface area contributed by atoms with E-state index >= 15 is 0 Å². The van der Waals surface area contributed by atoms with Crippen molar-refractivity contribution in [3.05, 3.63) is 12.2 Å². The van der Waals surface area contributed by atoms with E-state index in [1.807, 2.05) is 19.9 Å². The van der Waals surface area contributed by atoms with Gasteiger partial charge in [0.25, 0.3) is 0 Å². The third-order valence-electron chi connectivity index (χ3n) is 2.35. The molecule has 0 radical (unpaired) electrons. The highest BCUT2D eigenvalue weighted by molar-refractivity contribution is 5.81. The number of carbonyl (C=O) groups excluding carboxylic acids is 1. The van der Waals surface area contributed by atoms with Gasteiger partial charge in [-0.15, -0.1) is 0 Å². The van der Waals surface area contributed by atoms with Crippen LogP contribution >= 0.6 is 0 Å². The molecule has 14 heavy (non-hydrogen) atoms. The molecule has 0 bridgehead atoms. The zero-order chi connectivity index (χ0) is 10.8. The number of carbonyl (C=O) groups is 1. The smallest absolute Gasteiger partial charge is 0.139 e. The Kier molecular flexibility index (Phi) is 8.61. The predicted molar refractivity (Wildman–Crippen MR) is 62.4 cm³/mol. The summed E-state index contributed by atoms with van der Waals surface area (Å²) >= 11 is 0. The highest BCUT2D eigenvalue weighted by Gasteiger charge is 2.02. The normalized spacial score (nSPS) is 11.4. The van der Waals surface area contributed by atoms with Gasteiger partial charge in [-0.1, -0.05) is 52.2 Å². The van der Waals surface area contributed by atoms with Crippen molar-refractivity contribution in [1.82, 2.24) is 0 Å². The first-order valence-electron chi connectivity index (χ1n) is 5.86. The fourth-order valence-electron chi connectivity index (χ4n) is 1.24. The fraction of sp³-hybridized carbons (Fsp3) is 0.769. The third-order valence-corrected chi connectivity index (χ3v) is 2.35. The molecule has 0 N–H and O–H groups in total. The van der Waals surface area contributed by atoms with Gasteiger partial charge in [0.1, 0.15) is 5.78 Å². The van der Waals surface area contributed by atoms with Gasteiger partial charge >= 0.3 is 0 Å². The molecule has 0 rings (SSSR count). The molecular weight excluding hydrogens is 172 g/mol. The third kappa shape index (κ3) is 8.03. The highest BCUT2D eigenvalue weighted by Crippen LogP contribution is 2.04. The van der Waals surface area contributed by atoms with Crippen molar-refractivity contribution < 1.29 is 4.79 Å². The summed E-state index contributed by atoms with van der Waals surface area (Å²) in [5.41, 5.74) is 0. The van der Waals surface area contributed by atoms with Crippen LogP contribution in [0.2, 0.25) is 0 Å². The lowest BCUT2D eigenvalue weighted by Crippen LogP contribution is -2.04. The summed E-state index contributed by atoms with van der Waals surface area (Å²) in [6.07, 6.45) is 11.1. The molecule has 0 saturated carbocycles. The second-order valence-electron chi connectivity index (χ2n) is 4.15. The van der Waals surface area contributed by atoms with Crippen molar-refractivity contribution in [2.45, 2.75) is 59.3 Å². The van der Waals surface area contributed by atoms with E-state index in [4.69, 9.17) is 0 Å². The van der Waals surface area contributed by atoms with E-state index in [9.17, 15) is 4.79 Å². The van der Waals surface area contributed by atoms with Crippen LogP contribution in [-0.4, -0.2) is 5.78 Å². The standard InChI is InChI=1S/C13H24O/c1-4-5-6-7-8-9-10-11-13(14)12(2)3/h9-10,12H,4-8,11H2,1-3H3. The van der Waals surface area contributed by atoms with Gasteiger partial charge in [-0.05, 0) is 12.8 Å². The van der Waals surface area contributed by atoms with E-state index in [1.165, 1.54) is 25.7 Å². The molecule has 0 atom stereocenters. The van der Waals surface area contributed by atoms with Gasteiger partial charge in [0.2, 0.25) is 0 Å². The Morgan fingerprint density at radius 1 is 1.14 bits per heavy atom. The van der Waals surface area contributed by atoms with Crippen molar-refractivity contribution in [3.8, 4) is 0 Å². The summed E-state index contributed by atoms with van der Waals surface area (Å²) in [7, 11) is 0. The zero-order valence-corrected chi connectivity index (χ0v) is 9.88. The zero-order valence-electron chi connectivity index (χ0n) is 9.88. The Morgan fingerprint density at radius 2 is 1.86 bits per heavy atom. The van der Waals surface area contributed by atoms with Crippen molar-refractivity contribution in [1.29, 1.82) is 0 Å². The first-order chi connectivity index (χ1) is 6.68. The van der Waals surface area contributed by atoms with Crippen LogP contribution in [0, 0.1) is 5.92 Å². The van der Waals surface area contributed by atoms with Crippen molar-refractivity contribution in [3.63, 3.8) is 0 Å². The number of rotatable bonds is 8. The van der Waals surface area contributed by atoms with Crippen molar-refractivity contribution in [2.24, 2.45) is 5.92 Å². The lowest BCUT2D eigenvalue weighted by molar-refractivity contribution is -0.121. The molecule has 0 spiro atoms. The Bertz CT molecular complexity index is 168. The van der Waals surface area contributed by atoms with E-state index in [1.54, 1.807) is 0 Å². The van der Waals surface area contributed by atoms with Crippen LogP contribution < -0.4 is 0 Å². The molecule has 0 aromatic heterocycles. The van der Waals surface area contributed by atoms with E-state index in [2.05, 4.69) is 13.0 Å². The van der Waals surface area contributed by atoms with Crippen LogP contribution in [0.5, 0.6) is 0 Å². The molecule has 0 aromatic carbocycles. The summed E-state index contributed by atoms with van der Waals surface area (Å²) < 4.78 is 0. The van der Waals surface area contributed by atoms with E-state index in [0.29, 0.717) is 12.2 Å². The van der Waals surface area contributed by atoms with Crippen LogP contribution in [-0.2, 0) is 4.79 Å². The predicted octanol–water partition coefficient (Wildman–Crippen LogP) is 4.13. The molecule has 0 aliphatic heterocycles. The largest absolute Gasteiger partial charge is 0.299 e. The second-order valence-corrected chi connectivity index (χ2v) is 4.15. The molecule has 0 aromatic rings. The average molecular weight is 196 g/mol. The Labute approximate surface area is 88.6 Å². The van der Waals surface area contributed by atoms with Crippen LogP contribution in [0.1, 0.15) is 59.3 Å². The van der Waals surface area contributed by atoms with Gasteiger partial charge in [-0.3, -0.25) is 4.79 Å². The summed E-state index contributed by atoms with van der Waals surface area (Å²) in [6, 6.07) is 0. The molecule has 0 aliphatic rings. The maximum absolute atomic E-state index is 11.2. The van der Waals surface area contributed by atoms with Crippen molar-refractivity contribution in [2.75, 3.05) is 0 Å². The first kappa shape index (κ1) is 13.4. The minimum absolute atomic E-state index is 0.180. The summed E-state index contributed by atoms with van der Waals surface area (Å²) in [6.45, 7) is 6.13. The molecular formula is C13H24O. The van der Waals surface area contributed by atoms with Crippen LogP contribution in [0.3, 0.4) is 0 Å². The molecule has 82 valence electrons. The number of allylic oxidation sites excluding steroid dienone is 2. The quantitative estimate of drug-likeness (QED) is 0.421. The van der Waals surface area contributed by atoms with Gasteiger partial charge in [0.05, 0.1) is 0 Å². The maximum Gasteiger partial charge on any atom is 0.139 e. The summed E-state index contributed by atoms with van der Waals surface area (Å²) in [5.74, 6) is 0.523. The molecule has 1 nitrogen and oxygen atoms in total. The molecule has 1 heteroatoms. The number of hydrogen-bond donors (Lipinski definition) is 0. The first-order valence-corrected chi connectivity index (χ1v) is 5.86. The number of hydrogen-bond acceptors (Lipinski definition) is 1. The molecule has 0 aliphatic carbocycles. The molecule has 0 heterocycles. The minimum Gasteiger partial charge on any atom is -0.299 e. The molecule has 0 fully saturated rings. The van der Waals surface area contributed by atoms with Crippen molar-refractivity contribution >= 4 is 5.78 Å². The maximum atomic E-state index is 11.2. The Balaban J connectivity index is 3.32. The monoisotopic (exact) mass is 196 g/mol. The number of unbranched alkanes of at least 4 members (excludes halogenated alkanes) is 4. The minimum atomic E-state index is 0.180. The van der Waals surface area contributed by atoms with E-state index < -0.39 is 0 Å². The average Bonchev–Trinajstić information content (AvgIpc) is 2.16. The topological polar surface area (TPSA) is 17.1 Å². The van der Waals surface area contributed by atoms with E-state index in [0.717, 1.165) is 6.42 Å². The number of Topliss-reactive ketones (excluding diaryl/α,β-unsaturated/α-hetero) is 1. The van der Waals surface area contributed by atoms with Crippen LogP contribution in [0.15, 0.2) is 12.2 Å². The fourth-order valence-corrected chi connectivity index (χ4v) is 1.24. The molecule has 0 amide bonds. The van der Waals surface area contributed by atoms with Crippen LogP contribution in [0.4, 0.5) is 0 Å².